The number of hydrogen-bond acceptors (Lipinski definition) is 9. The summed E-state index contributed by atoms with van der Waals surface area (Å²) in [5, 5.41) is 29.5. The normalized spacial score (nSPS) is 13.3. The molecule has 220 valence electrons. The molecule has 0 saturated heterocycles. The zero-order valence-electron chi connectivity index (χ0n) is 22.4. The maximum atomic E-state index is 14.2. The van der Waals surface area contributed by atoms with Crippen LogP contribution in [0.5, 0.6) is 0 Å². The molecule has 0 bridgehead atoms. The first-order valence-electron chi connectivity index (χ1n) is 12.7. The summed E-state index contributed by atoms with van der Waals surface area (Å²) in [7, 11) is 0. The van der Waals surface area contributed by atoms with Gasteiger partial charge in [0, 0.05) is 29.6 Å². The molecule has 12 nitrogen and oxygen atoms in total. The molecule has 14 heteroatoms. The van der Waals surface area contributed by atoms with Gasteiger partial charge < -0.3 is 30.8 Å². The van der Waals surface area contributed by atoms with E-state index in [4.69, 9.17) is 26.9 Å². The average molecular weight is 592 g/mol. The van der Waals surface area contributed by atoms with Crippen LogP contribution in [-0.2, 0) is 20.7 Å². The summed E-state index contributed by atoms with van der Waals surface area (Å²) in [6, 6.07) is 10.1. The first kappa shape index (κ1) is 31.5. The molecule has 1 heterocycles. The number of carbonyl (C=O) groups excluding carboxylic acids is 2. The summed E-state index contributed by atoms with van der Waals surface area (Å²) < 4.78 is 19.3. The predicted molar refractivity (Wildman–Crippen MR) is 145 cm³/mol. The first-order chi connectivity index (χ1) is 19.5. The van der Waals surface area contributed by atoms with Crippen molar-refractivity contribution >= 4 is 29.4 Å². The molecule has 3 aromatic rings. The molecule has 0 aliphatic heterocycles. The molecule has 0 saturated carbocycles. The Balaban J connectivity index is 1.65. The topological polar surface area (TPSA) is 179 Å². The van der Waals surface area contributed by atoms with Crippen LogP contribution >= 0.6 is 11.6 Å². The second-order valence-corrected chi connectivity index (χ2v) is 10.0. The molecule has 3 rings (SSSR count). The number of nitrogens with two attached hydrogens (primary N) is 1. The Morgan fingerprint density at radius 3 is 2.51 bits per heavy atom. The third-order valence-electron chi connectivity index (χ3n) is 6.26. The zero-order valence-corrected chi connectivity index (χ0v) is 23.1. The number of carbonyl (C=O) groups is 3. The van der Waals surface area contributed by atoms with Gasteiger partial charge in [-0.1, -0.05) is 54.6 Å². The molecule has 1 amide bonds. The minimum absolute atomic E-state index is 0.0225. The predicted octanol–water partition coefficient (Wildman–Crippen LogP) is 2.07. The number of rotatable bonds is 14. The summed E-state index contributed by atoms with van der Waals surface area (Å²) in [6.07, 6.45) is -0.750. The first-order valence-corrected chi connectivity index (χ1v) is 13.0. The molecule has 0 aliphatic rings. The van der Waals surface area contributed by atoms with Crippen molar-refractivity contribution in [2.24, 2.45) is 17.6 Å². The van der Waals surface area contributed by atoms with Crippen LogP contribution in [0, 0.1) is 17.7 Å². The number of aliphatic hydroxyl groups excluding tert-OH is 1. The van der Waals surface area contributed by atoms with Gasteiger partial charge in [0.25, 0.3) is 12.7 Å². The highest BCUT2D eigenvalue weighted by Gasteiger charge is 2.25. The highest BCUT2D eigenvalue weighted by atomic mass is 35.5. The number of ether oxygens (including phenoxy) is 1. The SMILES string of the molecule is CC(C)[C@H](CN)C(=O)OCOn1cc(C(=O)N[C@H](Cc2ccc(-c3cc(Cl)ccc3F)cc2)C[C@@H](O)C(=O)O)nn1. The van der Waals surface area contributed by atoms with E-state index in [1.807, 2.05) is 13.8 Å². The van der Waals surface area contributed by atoms with Crippen LogP contribution in [0.3, 0.4) is 0 Å². The molecule has 0 radical (unpaired) electrons. The number of carboxylic acids is 1. The third kappa shape index (κ3) is 8.96. The molecule has 0 unspecified atom stereocenters. The molecule has 0 fully saturated rings. The van der Waals surface area contributed by atoms with E-state index in [1.54, 1.807) is 24.3 Å². The second kappa shape index (κ2) is 14.5. The number of nitrogens with one attached hydrogen (secondary N) is 1. The van der Waals surface area contributed by atoms with Crippen molar-refractivity contribution in [3.8, 4) is 11.1 Å². The Bertz CT molecular complexity index is 1350. The maximum absolute atomic E-state index is 14.2. The molecular weight excluding hydrogens is 561 g/mol. The average Bonchev–Trinajstić information content (AvgIpc) is 3.40. The number of halogens is 2. The molecule has 41 heavy (non-hydrogen) atoms. The van der Waals surface area contributed by atoms with Crippen molar-refractivity contribution in [1.29, 1.82) is 0 Å². The molecule has 1 aromatic heterocycles. The molecule has 0 spiro atoms. The van der Waals surface area contributed by atoms with Crippen molar-refractivity contribution in [3.05, 3.63) is 70.8 Å². The van der Waals surface area contributed by atoms with Crippen molar-refractivity contribution in [1.82, 2.24) is 20.5 Å². The minimum Gasteiger partial charge on any atom is -0.479 e. The largest absolute Gasteiger partial charge is 0.479 e. The lowest BCUT2D eigenvalue weighted by Crippen LogP contribution is -2.40. The molecule has 5 N–H and O–H groups in total. The van der Waals surface area contributed by atoms with E-state index < -0.39 is 48.5 Å². The lowest BCUT2D eigenvalue weighted by Gasteiger charge is -2.20. The maximum Gasteiger partial charge on any atom is 0.332 e. The van der Waals surface area contributed by atoms with Gasteiger partial charge in [0.1, 0.15) is 12.0 Å². The van der Waals surface area contributed by atoms with Gasteiger partial charge in [0.05, 0.1) is 5.92 Å². The summed E-state index contributed by atoms with van der Waals surface area (Å²) in [4.78, 5) is 42.2. The number of aliphatic carboxylic acids is 1. The smallest absolute Gasteiger partial charge is 0.332 e. The van der Waals surface area contributed by atoms with Crippen LogP contribution in [0.15, 0.2) is 48.7 Å². The third-order valence-corrected chi connectivity index (χ3v) is 6.49. The zero-order chi connectivity index (χ0) is 30.1. The number of benzene rings is 2. The molecule has 2 aromatic carbocycles. The van der Waals surface area contributed by atoms with Crippen LogP contribution < -0.4 is 15.9 Å². The van der Waals surface area contributed by atoms with Crippen LogP contribution in [0.2, 0.25) is 5.02 Å². The Kier molecular flexibility index (Phi) is 11.1. The number of esters is 1. The minimum atomic E-state index is -1.74. The number of nitrogens with zero attached hydrogens (tertiary/aromatic N) is 3. The fourth-order valence-corrected chi connectivity index (χ4v) is 4.12. The van der Waals surface area contributed by atoms with Gasteiger partial charge in [0.2, 0.25) is 0 Å². The van der Waals surface area contributed by atoms with E-state index in [-0.39, 0.29) is 31.0 Å². The number of hydrogen-bond donors (Lipinski definition) is 4. The Morgan fingerprint density at radius 1 is 1.17 bits per heavy atom. The van der Waals surface area contributed by atoms with Gasteiger partial charge >= 0.3 is 11.9 Å². The van der Waals surface area contributed by atoms with Crippen LogP contribution in [0.4, 0.5) is 4.39 Å². The summed E-state index contributed by atoms with van der Waals surface area (Å²) in [5.74, 6) is -3.65. The van der Waals surface area contributed by atoms with Crippen molar-refractivity contribution in [3.63, 3.8) is 0 Å². The van der Waals surface area contributed by atoms with Gasteiger partial charge in [-0.05, 0) is 46.9 Å². The van der Waals surface area contributed by atoms with Gasteiger partial charge in [-0.25, -0.2) is 9.18 Å². The van der Waals surface area contributed by atoms with E-state index in [0.29, 0.717) is 21.7 Å². The van der Waals surface area contributed by atoms with Crippen LogP contribution in [-0.4, -0.2) is 68.7 Å². The summed E-state index contributed by atoms with van der Waals surface area (Å²) >= 11 is 5.98. The Hall–Kier alpha value is -4.07. The van der Waals surface area contributed by atoms with Crippen molar-refractivity contribution in [2.45, 2.75) is 38.8 Å². The van der Waals surface area contributed by atoms with Crippen LogP contribution in [0.25, 0.3) is 11.1 Å². The molecular formula is C27H31ClFN5O7. The fraction of sp³-hybridized carbons (Fsp3) is 0.370. The summed E-state index contributed by atoms with van der Waals surface area (Å²) in [5.41, 5.74) is 7.00. The highest BCUT2D eigenvalue weighted by molar-refractivity contribution is 6.30. The molecule has 3 atom stereocenters. The number of aliphatic hydroxyl groups is 1. The number of carboxylic acid groups (broad SMARTS) is 1. The van der Waals surface area contributed by atoms with Gasteiger partial charge in [-0.15, -0.1) is 5.10 Å². The van der Waals surface area contributed by atoms with Crippen molar-refractivity contribution in [2.75, 3.05) is 13.3 Å². The Morgan fingerprint density at radius 2 is 1.88 bits per heavy atom. The Labute approximate surface area is 240 Å². The molecule has 0 aliphatic carbocycles. The van der Waals surface area contributed by atoms with E-state index in [1.165, 1.54) is 18.2 Å². The summed E-state index contributed by atoms with van der Waals surface area (Å²) in [6.45, 7) is 3.30. The van der Waals surface area contributed by atoms with Crippen molar-refractivity contribution < 1.29 is 38.6 Å². The number of amides is 1. The second-order valence-electron chi connectivity index (χ2n) is 9.59. The van der Waals surface area contributed by atoms with Gasteiger partial charge in [-0.2, -0.15) is 0 Å². The van der Waals surface area contributed by atoms with E-state index in [2.05, 4.69) is 15.6 Å². The van der Waals surface area contributed by atoms with E-state index in [9.17, 15) is 29.0 Å². The van der Waals surface area contributed by atoms with Crippen LogP contribution in [0.1, 0.15) is 36.3 Å². The number of aromatic nitrogens is 3. The highest BCUT2D eigenvalue weighted by Crippen LogP contribution is 2.26. The standard InChI is InChI=1S/C27H31ClFN5O7/c1-15(2)21(12-30)27(39)40-14-41-34-13-23(32-33-34)25(36)31-19(11-24(35)26(37)38)9-16-3-5-17(6-4-16)20-10-18(28)7-8-22(20)29/h3-8,10,13,15,19,21,24,35H,9,11-12,14,30H2,1-2H3,(H,31,36)(H,37,38)/t19-,21+,24-/m1/s1. The lowest BCUT2D eigenvalue weighted by molar-refractivity contribution is -0.164. The van der Waals surface area contributed by atoms with E-state index in [0.717, 1.165) is 11.0 Å². The fourth-order valence-electron chi connectivity index (χ4n) is 3.95. The quantitative estimate of drug-likeness (QED) is 0.160. The van der Waals surface area contributed by atoms with E-state index >= 15 is 0 Å². The van der Waals surface area contributed by atoms with Gasteiger partial charge in [-0.3, -0.25) is 9.59 Å². The lowest BCUT2D eigenvalue weighted by atomic mass is 9.96. The monoisotopic (exact) mass is 591 g/mol. The van der Waals surface area contributed by atoms with Gasteiger partial charge in [0.15, 0.2) is 11.8 Å².